The number of nitrogens with one attached hydrogen (secondary N) is 1. The Labute approximate surface area is 117 Å². The maximum atomic E-state index is 12.1. The fourth-order valence-electron chi connectivity index (χ4n) is 1.88. The Kier molecular flexibility index (Phi) is 5.54. The predicted molar refractivity (Wildman–Crippen MR) is 76.8 cm³/mol. The zero-order chi connectivity index (χ0) is 14.6. The first-order valence-electron chi connectivity index (χ1n) is 6.53. The lowest BCUT2D eigenvalue weighted by molar-refractivity contribution is -0.140. The van der Waals surface area contributed by atoms with E-state index in [1.807, 2.05) is 33.8 Å². The third kappa shape index (κ3) is 3.80. The normalized spacial score (nSPS) is 13.9. The average Bonchev–Trinajstić information content (AvgIpc) is 2.75. The van der Waals surface area contributed by atoms with Crippen LogP contribution >= 0.6 is 11.3 Å². The minimum absolute atomic E-state index is 0.0897. The molecule has 1 aromatic rings. The first kappa shape index (κ1) is 15.7. The second kappa shape index (κ2) is 6.70. The van der Waals surface area contributed by atoms with E-state index in [0.29, 0.717) is 11.3 Å². The molecule has 0 aliphatic carbocycles. The van der Waals surface area contributed by atoms with Gasteiger partial charge in [-0.2, -0.15) is 0 Å². The molecule has 2 unspecified atom stereocenters. The summed E-state index contributed by atoms with van der Waals surface area (Å²) < 4.78 is 0. The molecule has 0 bridgehead atoms. The van der Waals surface area contributed by atoms with Gasteiger partial charge in [-0.1, -0.05) is 27.2 Å². The molecule has 1 heterocycles. The van der Waals surface area contributed by atoms with Gasteiger partial charge in [0.2, 0.25) is 0 Å². The van der Waals surface area contributed by atoms with Gasteiger partial charge in [0.05, 0.1) is 4.88 Å². The highest BCUT2D eigenvalue weighted by molar-refractivity contribution is 7.14. The number of hydrogen-bond donors (Lipinski definition) is 2. The largest absolute Gasteiger partial charge is 0.480 e. The Hall–Kier alpha value is -1.36. The van der Waals surface area contributed by atoms with E-state index >= 15 is 0 Å². The number of aliphatic carboxylic acids is 1. The lowest BCUT2D eigenvalue weighted by Crippen LogP contribution is -2.44. The number of carboxylic acid groups (broad SMARTS) is 1. The maximum Gasteiger partial charge on any atom is 0.326 e. The predicted octanol–water partition coefficient (Wildman–Crippen LogP) is 2.85. The molecule has 1 amide bonds. The van der Waals surface area contributed by atoms with E-state index in [1.54, 1.807) is 0 Å². The molecule has 2 atom stereocenters. The Bertz CT molecular complexity index is 467. The monoisotopic (exact) mass is 283 g/mol. The van der Waals surface area contributed by atoms with Crippen molar-refractivity contribution in [2.75, 3.05) is 0 Å². The van der Waals surface area contributed by atoms with E-state index in [1.165, 1.54) is 11.3 Å². The van der Waals surface area contributed by atoms with E-state index < -0.39 is 12.0 Å². The highest BCUT2D eigenvalue weighted by Crippen LogP contribution is 2.22. The SMILES string of the molecule is CCc1cc(C(=O)NC(C(=O)O)C(C)CC)sc1C. The van der Waals surface area contributed by atoms with Gasteiger partial charge in [-0.3, -0.25) is 4.79 Å². The first-order chi connectivity index (χ1) is 8.90. The molecular formula is C14H21NO3S. The lowest BCUT2D eigenvalue weighted by atomic mass is 9.99. The molecule has 0 saturated heterocycles. The fraction of sp³-hybridized carbons (Fsp3) is 0.571. The molecule has 0 aromatic carbocycles. The molecule has 106 valence electrons. The molecule has 0 spiro atoms. The second-order valence-corrected chi connectivity index (χ2v) is 5.98. The van der Waals surface area contributed by atoms with Crippen LogP contribution in [0.15, 0.2) is 6.07 Å². The van der Waals surface area contributed by atoms with Crippen LogP contribution in [0.1, 0.15) is 47.3 Å². The highest BCUT2D eigenvalue weighted by Gasteiger charge is 2.26. The van der Waals surface area contributed by atoms with Crippen LogP contribution in [0, 0.1) is 12.8 Å². The van der Waals surface area contributed by atoms with Crippen LogP contribution in [-0.4, -0.2) is 23.0 Å². The van der Waals surface area contributed by atoms with Gasteiger partial charge in [0.15, 0.2) is 0 Å². The van der Waals surface area contributed by atoms with Crippen molar-refractivity contribution in [2.45, 2.75) is 46.6 Å². The summed E-state index contributed by atoms with van der Waals surface area (Å²) in [6.45, 7) is 7.76. The molecule has 5 heteroatoms. The quantitative estimate of drug-likeness (QED) is 0.843. The molecular weight excluding hydrogens is 262 g/mol. The summed E-state index contributed by atoms with van der Waals surface area (Å²) in [6.07, 6.45) is 1.59. The van der Waals surface area contributed by atoms with Crippen molar-refractivity contribution in [1.29, 1.82) is 0 Å². The molecule has 1 rings (SSSR count). The molecule has 2 N–H and O–H groups in total. The summed E-state index contributed by atoms with van der Waals surface area (Å²) in [5.41, 5.74) is 1.14. The topological polar surface area (TPSA) is 66.4 Å². The number of rotatable bonds is 6. The van der Waals surface area contributed by atoms with Gasteiger partial charge in [0, 0.05) is 4.88 Å². The van der Waals surface area contributed by atoms with Crippen molar-refractivity contribution >= 4 is 23.2 Å². The summed E-state index contributed by atoms with van der Waals surface area (Å²) in [4.78, 5) is 25.0. The van der Waals surface area contributed by atoms with Crippen LogP contribution in [0.25, 0.3) is 0 Å². The Morgan fingerprint density at radius 1 is 1.42 bits per heavy atom. The third-order valence-corrected chi connectivity index (χ3v) is 4.48. The van der Waals surface area contributed by atoms with E-state index in [0.717, 1.165) is 16.9 Å². The van der Waals surface area contributed by atoms with Crippen LogP contribution in [0.5, 0.6) is 0 Å². The van der Waals surface area contributed by atoms with Gasteiger partial charge in [0.25, 0.3) is 5.91 Å². The van der Waals surface area contributed by atoms with Crippen molar-refractivity contribution in [2.24, 2.45) is 5.92 Å². The zero-order valence-electron chi connectivity index (χ0n) is 11.8. The molecule has 19 heavy (non-hydrogen) atoms. The Morgan fingerprint density at radius 2 is 2.05 bits per heavy atom. The Morgan fingerprint density at radius 3 is 2.47 bits per heavy atom. The van der Waals surface area contributed by atoms with Crippen LogP contribution in [-0.2, 0) is 11.2 Å². The number of carboxylic acids is 1. The maximum absolute atomic E-state index is 12.1. The van der Waals surface area contributed by atoms with Crippen LogP contribution in [0.2, 0.25) is 0 Å². The number of hydrogen-bond acceptors (Lipinski definition) is 3. The van der Waals surface area contributed by atoms with E-state index in [-0.39, 0.29) is 11.8 Å². The van der Waals surface area contributed by atoms with Crippen molar-refractivity contribution in [3.63, 3.8) is 0 Å². The second-order valence-electron chi connectivity index (χ2n) is 4.72. The van der Waals surface area contributed by atoms with Crippen molar-refractivity contribution < 1.29 is 14.7 Å². The number of carbonyl (C=O) groups is 2. The summed E-state index contributed by atoms with van der Waals surface area (Å²) in [7, 11) is 0. The third-order valence-electron chi connectivity index (χ3n) is 3.39. The molecule has 0 saturated carbocycles. The molecule has 0 aliphatic heterocycles. The molecule has 0 radical (unpaired) electrons. The zero-order valence-corrected chi connectivity index (χ0v) is 12.6. The van der Waals surface area contributed by atoms with Crippen molar-refractivity contribution in [1.82, 2.24) is 5.32 Å². The number of thiophene rings is 1. The summed E-state index contributed by atoms with van der Waals surface area (Å²) in [5, 5.41) is 11.8. The van der Waals surface area contributed by atoms with Crippen LogP contribution < -0.4 is 5.32 Å². The molecule has 4 nitrogen and oxygen atoms in total. The van der Waals surface area contributed by atoms with E-state index in [4.69, 9.17) is 5.11 Å². The van der Waals surface area contributed by atoms with Crippen LogP contribution in [0.4, 0.5) is 0 Å². The summed E-state index contributed by atoms with van der Waals surface area (Å²) >= 11 is 1.42. The fourth-order valence-corrected chi connectivity index (χ4v) is 2.90. The summed E-state index contributed by atoms with van der Waals surface area (Å²) in [5.74, 6) is -1.36. The average molecular weight is 283 g/mol. The standard InChI is InChI=1S/C14H21NO3S/c1-5-8(3)12(14(17)18)15-13(16)11-7-10(6-2)9(4)19-11/h7-8,12H,5-6H2,1-4H3,(H,15,16)(H,17,18). The van der Waals surface area contributed by atoms with E-state index in [2.05, 4.69) is 5.32 Å². The van der Waals surface area contributed by atoms with Crippen molar-refractivity contribution in [3.8, 4) is 0 Å². The van der Waals surface area contributed by atoms with Gasteiger partial charge in [0.1, 0.15) is 6.04 Å². The minimum atomic E-state index is -0.980. The van der Waals surface area contributed by atoms with Gasteiger partial charge < -0.3 is 10.4 Å². The van der Waals surface area contributed by atoms with Crippen LogP contribution in [0.3, 0.4) is 0 Å². The van der Waals surface area contributed by atoms with Gasteiger partial charge in [-0.05, 0) is 30.9 Å². The number of aryl methyl sites for hydroxylation is 2. The lowest BCUT2D eigenvalue weighted by Gasteiger charge is -2.19. The molecule has 0 aliphatic rings. The van der Waals surface area contributed by atoms with Crippen molar-refractivity contribution in [3.05, 3.63) is 21.4 Å². The van der Waals surface area contributed by atoms with Gasteiger partial charge in [-0.15, -0.1) is 11.3 Å². The molecule has 0 fully saturated rings. The number of carbonyl (C=O) groups excluding carboxylic acids is 1. The van der Waals surface area contributed by atoms with Gasteiger partial charge in [-0.25, -0.2) is 4.79 Å². The van der Waals surface area contributed by atoms with E-state index in [9.17, 15) is 9.59 Å². The first-order valence-corrected chi connectivity index (χ1v) is 7.35. The Balaban J connectivity index is 2.84. The summed E-state index contributed by atoms with van der Waals surface area (Å²) in [6, 6.07) is 1.02. The highest BCUT2D eigenvalue weighted by atomic mass is 32.1. The smallest absolute Gasteiger partial charge is 0.326 e. The van der Waals surface area contributed by atoms with Gasteiger partial charge >= 0.3 is 5.97 Å². The molecule has 1 aromatic heterocycles. The number of amides is 1. The minimum Gasteiger partial charge on any atom is -0.480 e.